The molecule has 0 radical (unpaired) electrons. The van der Waals surface area contributed by atoms with Gasteiger partial charge in [-0.15, -0.1) is 0 Å². The lowest BCUT2D eigenvalue weighted by Gasteiger charge is -2.19. The second-order valence-electron chi connectivity index (χ2n) is 6.50. The highest BCUT2D eigenvalue weighted by Crippen LogP contribution is 2.27. The summed E-state index contributed by atoms with van der Waals surface area (Å²) in [6.45, 7) is 11.2. The van der Waals surface area contributed by atoms with Gasteiger partial charge in [-0.2, -0.15) is 0 Å². The summed E-state index contributed by atoms with van der Waals surface area (Å²) >= 11 is 0. The third-order valence-corrected chi connectivity index (χ3v) is 2.88. The molecule has 0 aliphatic heterocycles. The molecule has 1 aromatic rings. The zero-order chi connectivity index (χ0) is 15.9. The van der Waals surface area contributed by atoms with Crippen LogP contribution in [0.1, 0.15) is 53.2 Å². The molecule has 0 spiro atoms. The lowest BCUT2D eigenvalue weighted by Crippen LogP contribution is -2.19. The Bertz CT molecular complexity index is 483. The number of aliphatic hydroxyl groups is 1. The Morgan fingerprint density at radius 1 is 1.10 bits per heavy atom. The lowest BCUT2D eigenvalue weighted by molar-refractivity contribution is -0.00576. The van der Waals surface area contributed by atoms with Crippen molar-refractivity contribution in [1.82, 2.24) is 0 Å². The van der Waals surface area contributed by atoms with Crippen LogP contribution in [0.4, 0.5) is 0 Å². The van der Waals surface area contributed by atoms with Crippen LogP contribution in [-0.2, 0) is 10.2 Å². The molecule has 0 aliphatic carbocycles. The Morgan fingerprint density at radius 3 is 2.38 bits per heavy atom. The van der Waals surface area contributed by atoms with Crippen LogP contribution in [0.5, 0.6) is 5.95 Å². The zero-order valence-corrected chi connectivity index (χ0v) is 13.7. The van der Waals surface area contributed by atoms with Gasteiger partial charge in [0.25, 0.3) is 5.95 Å². The molecule has 1 rings (SSSR count). The first-order valence-electron chi connectivity index (χ1n) is 7.28. The molecular formula is C17H26O4. The maximum absolute atomic E-state index is 8.71. The average molecular weight is 294 g/mol. The number of unbranched alkanes of at least 4 members (excludes halogenated alkanes) is 1. The smallest absolute Gasteiger partial charge is 0.284 e. The first-order valence-corrected chi connectivity index (χ1v) is 7.28. The van der Waals surface area contributed by atoms with Crippen molar-refractivity contribution >= 4 is 0 Å². The van der Waals surface area contributed by atoms with Crippen LogP contribution in [0.15, 0.2) is 16.5 Å². The number of furan rings is 1. The summed E-state index contributed by atoms with van der Waals surface area (Å²) in [5, 5.41) is 8.71. The second kappa shape index (κ2) is 7.42. The van der Waals surface area contributed by atoms with Crippen molar-refractivity contribution in [3.8, 4) is 18.0 Å². The summed E-state index contributed by atoms with van der Waals surface area (Å²) in [6.07, 6.45) is 3.79. The number of hydrogen-bond acceptors (Lipinski definition) is 4. The van der Waals surface area contributed by atoms with Crippen LogP contribution < -0.4 is 4.74 Å². The van der Waals surface area contributed by atoms with E-state index in [-0.39, 0.29) is 5.60 Å². The third kappa shape index (κ3) is 6.59. The fourth-order valence-corrected chi connectivity index (χ4v) is 1.69. The van der Waals surface area contributed by atoms with Crippen LogP contribution in [0.2, 0.25) is 0 Å². The molecule has 0 bridgehead atoms. The van der Waals surface area contributed by atoms with E-state index in [0.717, 1.165) is 19.4 Å². The fraction of sp³-hybridized carbons (Fsp3) is 0.647. The minimum Gasteiger partial charge on any atom is -0.465 e. The Balaban J connectivity index is 2.31. The van der Waals surface area contributed by atoms with E-state index in [2.05, 4.69) is 5.92 Å². The van der Waals surface area contributed by atoms with E-state index in [1.165, 1.54) is 0 Å². The quantitative estimate of drug-likeness (QED) is 0.613. The largest absolute Gasteiger partial charge is 0.465 e. The average Bonchev–Trinajstić information content (AvgIpc) is 2.81. The van der Waals surface area contributed by atoms with Gasteiger partial charge in [0.15, 0.2) is 0 Å². The first kappa shape index (κ1) is 17.5. The molecule has 21 heavy (non-hydrogen) atoms. The molecule has 1 N–H and O–H groups in total. The van der Waals surface area contributed by atoms with Gasteiger partial charge in [-0.25, -0.2) is 0 Å². The third-order valence-electron chi connectivity index (χ3n) is 2.88. The molecular weight excluding hydrogens is 268 g/mol. The zero-order valence-electron chi connectivity index (χ0n) is 13.7. The molecule has 0 aromatic carbocycles. The number of hydrogen-bond donors (Lipinski definition) is 1. The van der Waals surface area contributed by atoms with Crippen LogP contribution >= 0.6 is 0 Å². The minimum atomic E-state index is -0.531. The monoisotopic (exact) mass is 294 g/mol. The first-order chi connectivity index (χ1) is 9.74. The summed E-state index contributed by atoms with van der Waals surface area (Å²) < 4.78 is 16.8. The molecule has 118 valence electrons. The van der Waals surface area contributed by atoms with Crippen molar-refractivity contribution in [2.24, 2.45) is 0 Å². The molecule has 0 saturated carbocycles. The predicted molar refractivity (Wildman–Crippen MR) is 81.9 cm³/mol. The van der Waals surface area contributed by atoms with Gasteiger partial charge >= 0.3 is 0 Å². The van der Waals surface area contributed by atoms with Crippen LogP contribution in [0, 0.1) is 12.0 Å². The van der Waals surface area contributed by atoms with E-state index in [0.29, 0.717) is 18.3 Å². The van der Waals surface area contributed by atoms with Gasteiger partial charge in [0.1, 0.15) is 11.9 Å². The molecule has 1 aromatic heterocycles. The van der Waals surface area contributed by atoms with E-state index in [9.17, 15) is 0 Å². The highest BCUT2D eigenvalue weighted by atomic mass is 16.6. The van der Waals surface area contributed by atoms with Gasteiger partial charge in [0, 0.05) is 12.7 Å². The maximum atomic E-state index is 8.71. The number of ether oxygens (including phenoxy) is 2. The standard InChI is InChI=1S/C17H26O4/c1-16(2,3)20-13-7-6-12-19-15-9-8-14(21-15)17(4,5)10-11-18/h8-9,18H,6-7,12-13H2,1-5H3. The van der Waals surface area contributed by atoms with E-state index in [1.807, 2.05) is 46.8 Å². The summed E-state index contributed by atoms with van der Waals surface area (Å²) in [7, 11) is 0. The van der Waals surface area contributed by atoms with E-state index < -0.39 is 5.41 Å². The highest BCUT2D eigenvalue weighted by molar-refractivity contribution is 5.27. The normalized spacial score (nSPS) is 11.9. The van der Waals surface area contributed by atoms with E-state index in [4.69, 9.17) is 19.0 Å². The second-order valence-corrected chi connectivity index (χ2v) is 6.50. The van der Waals surface area contributed by atoms with Crippen molar-refractivity contribution in [2.75, 3.05) is 13.2 Å². The molecule has 0 fully saturated rings. The van der Waals surface area contributed by atoms with Crippen LogP contribution in [-0.4, -0.2) is 23.9 Å². The molecule has 0 amide bonds. The predicted octanol–water partition coefficient (Wildman–Crippen LogP) is 3.86. The van der Waals surface area contributed by atoms with Gasteiger partial charge < -0.3 is 19.0 Å². The molecule has 1 heterocycles. The summed E-state index contributed by atoms with van der Waals surface area (Å²) in [5.41, 5.74) is -0.618. The van der Waals surface area contributed by atoms with Crippen LogP contribution in [0.3, 0.4) is 0 Å². The maximum Gasteiger partial charge on any atom is 0.284 e. The van der Waals surface area contributed by atoms with Gasteiger partial charge in [-0.3, -0.25) is 0 Å². The Kier molecular flexibility index (Phi) is 6.17. The highest BCUT2D eigenvalue weighted by Gasteiger charge is 2.22. The van der Waals surface area contributed by atoms with Crippen molar-refractivity contribution < 1.29 is 19.0 Å². The molecule has 0 atom stereocenters. The molecule has 0 aliphatic rings. The van der Waals surface area contributed by atoms with Gasteiger partial charge in [-0.1, -0.05) is 0 Å². The topological polar surface area (TPSA) is 51.8 Å². The lowest BCUT2D eigenvalue weighted by atomic mass is 9.92. The summed E-state index contributed by atoms with van der Waals surface area (Å²) in [4.78, 5) is 0. The summed E-state index contributed by atoms with van der Waals surface area (Å²) in [5.74, 6) is 3.85. The molecule has 4 nitrogen and oxygen atoms in total. The Hall–Kier alpha value is -1.60. The van der Waals surface area contributed by atoms with Crippen molar-refractivity contribution in [1.29, 1.82) is 0 Å². The van der Waals surface area contributed by atoms with Crippen molar-refractivity contribution in [3.05, 3.63) is 17.9 Å². The molecule has 0 saturated heterocycles. The summed E-state index contributed by atoms with van der Waals surface area (Å²) in [6, 6.07) is 3.60. The minimum absolute atomic E-state index is 0.0872. The van der Waals surface area contributed by atoms with E-state index >= 15 is 0 Å². The fourth-order valence-electron chi connectivity index (χ4n) is 1.69. The Morgan fingerprint density at radius 2 is 1.76 bits per heavy atom. The van der Waals surface area contributed by atoms with Gasteiger partial charge in [-0.05, 0) is 59.4 Å². The molecule has 0 unspecified atom stereocenters. The van der Waals surface area contributed by atoms with Crippen LogP contribution in [0.25, 0.3) is 0 Å². The number of rotatable bonds is 7. The SMILES string of the molecule is CC(C)(C)OCCCCOc1ccc(C(C)(C)C#CO)o1. The molecule has 4 heteroatoms. The Labute approximate surface area is 127 Å². The van der Waals surface area contributed by atoms with Crippen molar-refractivity contribution in [3.63, 3.8) is 0 Å². The van der Waals surface area contributed by atoms with Crippen molar-refractivity contribution in [2.45, 2.75) is 58.5 Å². The number of aliphatic hydroxyl groups excluding tert-OH is 1. The van der Waals surface area contributed by atoms with Gasteiger partial charge in [0.2, 0.25) is 0 Å². The van der Waals surface area contributed by atoms with E-state index in [1.54, 1.807) is 6.07 Å². The van der Waals surface area contributed by atoms with Gasteiger partial charge in [0.05, 0.1) is 17.6 Å².